The molecule has 0 aliphatic heterocycles. The number of hydrogen-bond donors (Lipinski definition) is 6. The molecule has 3 atom stereocenters. The van der Waals surface area contributed by atoms with Gasteiger partial charge in [-0.15, -0.1) is 6.58 Å². The summed E-state index contributed by atoms with van der Waals surface area (Å²) >= 11 is 0. The Morgan fingerprint density at radius 3 is 2.45 bits per heavy atom. The number of carbonyl (C=O) groups excluding carboxylic acids is 1. The molecule has 1 amide bonds. The zero-order valence-corrected chi connectivity index (χ0v) is 18.1. The molecule has 1 aromatic carbocycles. The Morgan fingerprint density at radius 1 is 1.24 bits per heavy atom. The summed E-state index contributed by atoms with van der Waals surface area (Å²) in [5, 5.41) is 20.6. The van der Waals surface area contributed by atoms with Crippen LogP contribution in [0.15, 0.2) is 41.7 Å². The lowest BCUT2D eigenvalue weighted by Crippen LogP contribution is -2.41. The van der Waals surface area contributed by atoms with Crippen LogP contribution in [0.3, 0.4) is 0 Å². The molecule has 0 saturated carbocycles. The van der Waals surface area contributed by atoms with Crippen LogP contribution in [0.25, 0.3) is 0 Å². The lowest BCUT2D eigenvalue weighted by atomic mass is 9.78. The van der Waals surface area contributed by atoms with E-state index in [2.05, 4.69) is 21.9 Å². The third-order valence-corrected chi connectivity index (χ3v) is 5.32. The largest absolute Gasteiger partial charge is 0.481 e. The number of benzene rings is 1. The summed E-state index contributed by atoms with van der Waals surface area (Å²) in [7, 11) is 0. The van der Waals surface area contributed by atoms with Gasteiger partial charge in [-0.3, -0.25) is 19.4 Å². The van der Waals surface area contributed by atoms with Gasteiger partial charge in [0, 0.05) is 23.8 Å². The van der Waals surface area contributed by atoms with Crippen LogP contribution < -0.4 is 22.3 Å². The van der Waals surface area contributed by atoms with Gasteiger partial charge in [-0.1, -0.05) is 31.2 Å². The van der Waals surface area contributed by atoms with Gasteiger partial charge in [0.15, 0.2) is 0 Å². The number of aromatic amines is 1. The van der Waals surface area contributed by atoms with Crippen LogP contribution in [-0.4, -0.2) is 44.1 Å². The summed E-state index contributed by atoms with van der Waals surface area (Å²) < 4.78 is 0. The van der Waals surface area contributed by atoms with Gasteiger partial charge < -0.3 is 27.0 Å². The third-order valence-electron chi connectivity index (χ3n) is 5.32. The number of allylic oxidation sites excluding steroid dienone is 1. The molecule has 2 unspecified atom stereocenters. The van der Waals surface area contributed by atoms with Crippen LogP contribution in [0.2, 0.25) is 0 Å². The van der Waals surface area contributed by atoms with Gasteiger partial charge in [0.1, 0.15) is 11.9 Å². The Kier molecular flexibility index (Phi) is 8.32. The van der Waals surface area contributed by atoms with Crippen LogP contribution in [0.1, 0.15) is 59.5 Å². The molecule has 0 bridgehead atoms. The SMILES string of the molecule is C=CC(c1ccccc1C(=O)N[C@@H](CCC(=O)O)C(=O)O)C(CC)c1c(N)nc(N)[nH]c1=O. The van der Waals surface area contributed by atoms with E-state index in [1.807, 2.05) is 6.92 Å². The summed E-state index contributed by atoms with van der Waals surface area (Å²) in [5.41, 5.74) is 11.9. The normalized spacial score (nSPS) is 13.5. The van der Waals surface area contributed by atoms with Crippen LogP contribution in [0.5, 0.6) is 0 Å². The Morgan fingerprint density at radius 2 is 1.91 bits per heavy atom. The van der Waals surface area contributed by atoms with Crippen molar-refractivity contribution < 1.29 is 24.6 Å². The molecule has 0 aliphatic carbocycles. The first-order chi connectivity index (χ1) is 15.6. The van der Waals surface area contributed by atoms with Crippen LogP contribution in [0.4, 0.5) is 11.8 Å². The average Bonchev–Trinajstić information content (AvgIpc) is 2.75. The predicted octanol–water partition coefficient (Wildman–Crippen LogP) is 1.45. The number of nitrogens with zero attached hydrogens (tertiary/aromatic N) is 1. The number of nitrogen functional groups attached to an aromatic ring is 2. The second-order valence-electron chi connectivity index (χ2n) is 7.41. The smallest absolute Gasteiger partial charge is 0.326 e. The molecule has 2 aromatic rings. The number of hydrogen-bond acceptors (Lipinski definition) is 7. The predicted molar refractivity (Wildman–Crippen MR) is 122 cm³/mol. The highest BCUT2D eigenvalue weighted by molar-refractivity contribution is 5.98. The van der Waals surface area contributed by atoms with Crippen molar-refractivity contribution in [2.75, 3.05) is 11.5 Å². The van der Waals surface area contributed by atoms with E-state index >= 15 is 0 Å². The molecule has 0 spiro atoms. The number of amides is 1. The summed E-state index contributed by atoms with van der Waals surface area (Å²) in [4.78, 5) is 54.3. The molecule has 8 N–H and O–H groups in total. The van der Waals surface area contributed by atoms with Gasteiger partial charge in [-0.25, -0.2) is 4.79 Å². The maximum Gasteiger partial charge on any atom is 0.326 e. The molecular weight excluding hydrogens is 430 g/mol. The van der Waals surface area contributed by atoms with E-state index in [1.165, 1.54) is 6.07 Å². The Labute approximate surface area is 189 Å². The monoisotopic (exact) mass is 457 g/mol. The van der Waals surface area contributed by atoms with Crippen LogP contribution in [0, 0.1) is 0 Å². The number of carboxylic acid groups (broad SMARTS) is 2. The number of anilines is 2. The molecule has 0 saturated heterocycles. The van der Waals surface area contributed by atoms with Crippen molar-refractivity contribution in [3.05, 3.63) is 64.0 Å². The quantitative estimate of drug-likeness (QED) is 0.270. The summed E-state index contributed by atoms with van der Waals surface area (Å²) in [6.07, 6.45) is 1.33. The molecule has 1 aromatic heterocycles. The summed E-state index contributed by atoms with van der Waals surface area (Å²) in [6, 6.07) is 5.11. The first-order valence-corrected chi connectivity index (χ1v) is 10.2. The van der Waals surface area contributed by atoms with Crippen LogP contribution in [-0.2, 0) is 9.59 Å². The number of carboxylic acids is 2. The number of H-pyrrole nitrogens is 1. The number of nitrogens with one attached hydrogen (secondary N) is 2. The number of carbonyl (C=O) groups is 3. The molecule has 1 heterocycles. The molecule has 11 nitrogen and oxygen atoms in total. The molecule has 0 aliphatic rings. The minimum Gasteiger partial charge on any atom is -0.481 e. The highest BCUT2D eigenvalue weighted by atomic mass is 16.4. The molecule has 0 fully saturated rings. The van der Waals surface area contributed by atoms with Crippen molar-refractivity contribution in [3.63, 3.8) is 0 Å². The van der Waals surface area contributed by atoms with E-state index < -0.39 is 47.7 Å². The van der Waals surface area contributed by atoms with Crippen molar-refractivity contribution in [3.8, 4) is 0 Å². The fourth-order valence-electron chi connectivity index (χ4n) is 3.78. The van der Waals surface area contributed by atoms with Gasteiger partial charge in [-0.05, 0) is 24.5 Å². The summed E-state index contributed by atoms with van der Waals surface area (Å²) in [5.74, 6) is -4.41. The molecule has 2 rings (SSSR count). The lowest BCUT2D eigenvalue weighted by molar-refractivity contribution is -0.140. The first-order valence-electron chi connectivity index (χ1n) is 10.2. The second kappa shape index (κ2) is 10.9. The van der Waals surface area contributed by atoms with Crippen molar-refractivity contribution >= 4 is 29.6 Å². The maximum absolute atomic E-state index is 13.0. The number of aliphatic carboxylic acids is 2. The molecule has 176 valence electrons. The highest BCUT2D eigenvalue weighted by Crippen LogP contribution is 2.38. The van der Waals surface area contributed by atoms with Gasteiger partial charge in [-0.2, -0.15) is 4.98 Å². The number of rotatable bonds is 11. The van der Waals surface area contributed by atoms with Gasteiger partial charge in [0.2, 0.25) is 5.95 Å². The Balaban J connectivity index is 2.47. The standard InChI is InChI=1S/C22H27N5O6/c1-3-11(12(4-2)17-18(23)26-22(24)27-20(17)31)13-7-5-6-8-14(13)19(30)25-15(21(32)33)9-10-16(28)29/h3,5-8,11-12,15H,1,4,9-10H2,2H3,(H,25,30)(H,28,29)(H,32,33)(H5,23,24,26,27,31)/t11?,12?,15-/m0/s1. The zero-order valence-electron chi connectivity index (χ0n) is 18.1. The molecule has 0 radical (unpaired) electrons. The van der Waals surface area contributed by atoms with Gasteiger partial charge in [0.05, 0.1) is 5.56 Å². The van der Waals surface area contributed by atoms with Gasteiger partial charge >= 0.3 is 11.9 Å². The highest BCUT2D eigenvalue weighted by Gasteiger charge is 2.30. The third kappa shape index (κ3) is 5.97. The minimum atomic E-state index is -1.38. The molecule has 33 heavy (non-hydrogen) atoms. The number of nitrogens with two attached hydrogens (primary N) is 2. The molecule has 11 heteroatoms. The first kappa shape index (κ1) is 25.1. The van der Waals surface area contributed by atoms with Crippen molar-refractivity contribution in [2.45, 2.75) is 44.1 Å². The Hall–Kier alpha value is -4.15. The van der Waals surface area contributed by atoms with Crippen molar-refractivity contribution in [1.29, 1.82) is 0 Å². The maximum atomic E-state index is 13.0. The number of aromatic nitrogens is 2. The van der Waals surface area contributed by atoms with Crippen molar-refractivity contribution in [2.24, 2.45) is 0 Å². The van der Waals surface area contributed by atoms with Gasteiger partial charge in [0.25, 0.3) is 11.5 Å². The van der Waals surface area contributed by atoms with E-state index in [0.29, 0.717) is 12.0 Å². The molecular formula is C22H27N5O6. The van der Waals surface area contributed by atoms with Crippen LogP contribution >= 0.6 is 0 Å². The van der Waals surface area contributed by atoms with E-state index in [1.54, 1.807) is 24.3 Å². The minimum absolute atomic E-state index is 0.0310. The fraction of sp³-hybridized carbons (Fsp3) is 0.318. The average molecular weight is 457 g/mol. The second-order valence-corrected chi connectivity index (χ2v) is 7.41. The topological polar surface area (TPSA) is 201 Å². The fourth-order valence-corrected chi connectivity index (χ4v) is 3.78. The van der Waals surface area contributed by atoms with E-state index in [0.717, 1.165) is 0 Å². The summed E-state index contributed by atoms with van der Waals surface area (Å²) in [6.45, 7) is 5.70. The van der Waals surface area contributed by atoms with E-state index in [-0.39, 0.29) is 29.3 Å². The van der Waals surface area contributed by atoms with Crippen molar-refractivity contribution in [1.82, 2.24) is 15.3 Å². The lowest BCUT2D eigenvalue weighted by Gasteiger charge is -2.26. The Bertz CT molecular complexity index is 1110. The zero-order chi connectivity index (χ0) is 24.7. The van der Waals surface area contributed by atoms with E-state index in [4.69, 9.17) is 16.6 Å². The van der Waals surface area contributed by atoms with E-state index in [9.17, 15) is 24.3 Å².